The van der Waals surface area contributed by atoms with E-state index in [1.165, 1.54) is 25.7 Å². The quantitative estimate of drug-likeness (QED) is 0.910. The summed E-state index contributed by atoms with van der Waals surface area (Å²) in [7, 11) is 0. The highest BCUT2D eigenvalue weighted by Crippen LogP contribution is 2.37. The van der Waals surface area contributed by atoms with Crippen LogP contribution in [-0.2, 0) is 6.54 Å². The van der Waals surface area contributed by atoms with Gasteiger partial charge in [-0.25, -0.2) is 4.79 Å². The third-order valence-corrected chi connectivity index (χ3v) is 4.58. The normalized spacial score (nSPS) is 24.4. The summed E-state index contributed by atoms with van der Waals surface area (Å²) in [6.07, 6.45) is 9.60. The maximum atomic E-state index is 12.4. The molecule has 1 aliphatic heterocycles. The van der Waals surface area contributed by atoms with Crippen LogP contribution in [0.5, 0.6) is 0 Å². The molecule has 2 aliphatic rings. The summed E-state index contributed by atoms with van der Waals surface area (Å²) < 4.78 is 1.89. The zero-order valence-electron chi connectivity index (χ0n) is 12.0. The zero-order chi connectivity index (χ0) is 13.9. The Bertz CT molecular complexity index is 442. The predicted molar refractivity (Wildman–Crippen MR) is 75.1 cm³/mol. The van der Waals surface area contributed by atoms with Crippen LogP contribution in [-0.4, -0.2) is 44.3 Å². The van der Waals surface area contributed by atoms with E-state index in [0.29, 0.717) is 12.6 Å². The summed E-state index contributed by atoms with van der Waals surface area (Å²) in [5.74, 6) is 0.747. The lowest BCUT2D eigenvalue weighted by Gasteiger charge is -2.37. The molecule has 0 unspecified atom stereocenters. The SMILES string of the molecule is C[C@@H](Cn1cnnc1)NC(=O)N1CCC[C@@H]1C1CCC1. The monoisotopic (exact) mass is 277 g/mol. The first kappa shape index (κ1) is 13.4. The number of hydrogen-bond donors (Lipinski definition) is 1. The molecular weight excluding hydrogens is 254 g/mol. The standard InChI is InChI=1S/C14H23N5O/c1-11(8-18-9-15-16-10-18)17-14(20)19-7-3-6-13(19)12-4-2-5-12/h9-13H,2-8H2,1H3,(H,17,20)/t11-,13+/m0/s1. The van der Waals surface area contributed by atoms with Crippen LogP contribution in [0.25, 0.3) is 0 Å². The Labute approximate surface area is 119 Å². The second-order valence-corrected chi connectivity index (χ2v) is 6.10. The molecule has 2 amide bonds. The van der Waals surface area contributed by atoms with E-state index in [-0.39, 0.29) is 12.1 Å². The van der Waals surface area contributed by atoms with Crippen LogP contribution in [0.4, 0.5) is 4.79 Å². The molecule has 2 fully saturated rings. The Morgan fingerprint density at radius 3 is 2.70 bits per heavy atom. The van der Waals surface area contributed by atoms with Crippen molar-refractivity contribution in [3.05, 3.63) is 12.7 Å². The molecule has 1 N–H and O–H groups in total. The molecule has 0 radical (unpaired) electrons. The number of nitrogens with zero attached hydrogens (tertiary/aromatic N) is 4. The van der Waals surface area contributed by atoms with Crippen molar-refractivity contribution >= 4 is 6.03 Å². The second-order valence-electron chi connectivity index (χ2n) is 6.10. The van der Waals surface area contributed by atoms with Crippen LogP contribution in [0.15, 0.2) is 12.7 Å². The Morgan fingerprint density at radius 2 is 2.05 bits per heavy atom. The second kappa shape index (κ2) is 5.81. The van der Waals surface area contributed by atoms with Crippen LogP contribution in [0.2, 0.25) is 0 Å². The molecule has 1 aromatic heterocycles. The molecule has 1 aliphatic carbocycles. The molecule has 0 bridgehead atoms. The minimum Gasteiger partial charge on any atom is -0.334 e. The van der Waals surface area contributed by atoms with Gasteiger partial charge in [-0.05, 0) is 38.5 Å². The zero-order valence-corrected chi connectivity index (χ0v) is 12.0. The largest absolute Gasteiger partial charge is 0.334 e. The molecule has 6 heteroatoms. The van der Waals surface area contributed by atoms with Gasteiger partial charge in [0.15, 0.2) is 0 Å². The van der Waals surface area contributed by atoms with Crippen molar-refractivity contribution in [1.29, 1.82) is 0 Å². The van der Waals surface area contributed by atoms with Crippen LogP contribution in [0.3, 0.4) is 0 Å². The van der Waals surface area contributed by atoms with Gasteiger partial charge in [-0.15, -0.1) is 10.2 Å². The molecule has 0 aromatic carbocycles. The highest BCUT2D eigenvalue weighted by Gasteiger charge is 2.37. The van der Waals surface area contributed by atoms with Gasteiger partial charge in [-0.3, -0.25) is 0 Å². The number of likely N-dealkylation sites (tertiary alicyclic amines) is 1. The fraction of sp³-hybridized carbons (Fsp3) is 0.786. The van der Waals surface area contributed by atoms with Crippen molar-refractivity contribution in [2.75, 3.05) is 6.54 Å². The molecule has 3 rings (SSSR count). The fourth-order valence-corrected chi connectivity index (χ4v) is 3.33. The average Bonchev–Trinajstić information content (AvgIpc) is 2.97. The molecular formula is C14H23N5O. The van der Waals surface area contributed by atoms with Gasteiger partial charge in [0.05, 0.1) is 0 Å². The van der Waals surface area contributed by atoms with Crippen molar-refractivity contribution in [3.8, 4) is 0 Å². The summed E-state index contributed by atoms with van der Waals surface area (Å²) in [6.45, 7) is 3.64. The molecule has 2 atom stereocenters. The van der Waals surface area contributed by atoms with E-state index in [1.54, 1.807) is 12.7 Å². The number of amides is 2. The van der Waals surface area contributed by atoms with E-state index >= 15 is 0 Å². The smallest absolute Gasteiger partial charge is 0.317 e. The molecule has 0 spiro atoms. The highest BCUT2D eigenvalue weighted by atomic mass is 16.2. The average molecular weight is 277 g/mol. The minimum atomic E-state index is 0.0844. The van der Waals surface area contributed by atoms with E-state index in [9.17, 15) is 4.79 Å². The number of urea groups is 1. The number of nitrogens with one attached hydrogen (secondary N) is 1. The molecule has 1 saturated heterocycles. The lowest BCUT2D eigenvalue weighted by Crippen LogP contribution is -2.49. The molecule has 1 aromatic rings. The molecule has 1 saturated carbocycles. The third kappa shape index (κ3) is 2.78. The van der Waals surface area contributed by atoms with Gasteiger partial charge in [0, 0.05) is 25.2 Å². The van der Waals surface area contributed by atoms with Gasteiger partial charge in [-0.1, -0.05) is 6.42 Å². The van der Waals surface area contributed by atoms with Crippen LogP contribution in [0, 0.1) is 5.92 Å². The Hall–Kier alpha value is -1.59. The molecule has 6 nitrogen and oxygen atoms in total. The summed E-state index contributed by atoms with van der Waals surface area (Å²) in [5.41, 5.74) is 0. The van der Waals surface area contributed by atoms with Gasteiger partial charge in [-0.2, -0.15) is 0 Å². The van der Waals surface area contributed by atoms with Gasteiger partial charge < -0.3 is 14.8 Å². The van der Waals surface area contributed by atoms with Gasteiger partial charge >= 0.3 is 6.03 Å². The lowest BCUT2D eigenvalue weighted by atomic mass is 9.79. The first-order chi connectivity index (χ1) is 9.74. The Morgan fingerprint density at radius 1 is 1.30 bits per heavy atom. The first-order valence-corrected chi connectivity index (χ1v) is 7.63. The van der Waals surface area contributed by atoms with Crippen molar-refractivity contribution in [1.82, 2.24) is 25.0 Å². The lowest BCUT2D eigenvalue weighted by molar-refractivity contribution is 0.137. The number of carbonyl (C=O) groups is 1. The van der Waals surface area contributed by atoms with E-state index in [2.05, 4.69) is 20.4 Å². The molecule has 110 valence electrons. The van der Waals surface area contributed by atoms with Crippen molar-refractivity contribution < 1.29 is 4.79 Å². The number of rotatable bonds is 4. The van der Waals surface area contributed by atoms with Crippen LogP contribution in [0.1, 0.15) is 39.0 Å². The summed E-state index contributed by atoms with van der Waals surface area (Å²) >= 11 is 0. The highest BCUT2D eigenvalue weighted by molar-refractivity contribution is 5.75. The van der Waals surface area contributed by atoms with Gasteiger partial charge in [0.1, 0.15) is 12.7 Å². The predicted octanol–water partition coefficient (Wildman–Crippen LogP) is 1.64. The van der Waals surface area contributed by atoms with Gasteiger partial charge in [0.25, 0.3) is 0 Å². The maximum Gasteiger partial charge on any atom is 0.317 e. The van der Waals surface area contributed by atoms with Crippen molar-refractivity contribution in [3.63, 3.8) is 0 Å². The first-order valence-electron chi connectivity index (χ1n) is 7.63. The van der Waals surface area contributed by atoms with Crippen molar-refractivity contribution in [2.45, 2.75) is 57.7 Å². The third-order valence-electron chi connectivity index (χ3n) is 4.58. The molecule has 2 heterocycles. The number of aromatic nitrogens is 3. The van der Waals surface area contributed by atoms with Gasteiger partial charge in [0.2, 0.25) is 0 Å². The van der Waals surface area contributed by atoms with E-state index < -0.39 is 0 Å². The Balaban J connectivity index is 1.52. The topological polar surface area (TPSA) is 63.1 Å². The summed E-state index contributed by atoms with van der Waals surface area (Å²) in [4.78, 5) is 14.5. The summed E-state index contributed by atoms with van der Waals surface area (Å²) in [6, 6.07) is 0.659. The molecule has 20 heavy (non-hydrogen) atoms. The van der Waals surface area contributed by atoms with Crippen LogP contribution >= 0.6 is 0 Å². The van der Waals surface area contributed by atoms with E-state index in [1.807, 2.05) is 11.5 Å². The van der Waals surface area contributed by atoms with E-state index in [4.69, 9.17) is 0 Å². The van der Waals surface area contributed by atoms with Crippen LogP contribution < -0.4 is 5.32 Å². The minimum absolute atomic E-state index is 0.0844. The number of hydrogen-bond acceptors (Lipinski definition) is 3. The number of carbonyl (C=O) groups excluding carboxylic acids is 1. The Kier molecular flexibility index (Phi) is 3.89. The summed E-state index contributed by atoms with van der Waals surface area (Å²) in [5, 5.41) is 10.7. The fourth-order valence-electron chi connectivity index (χ4n) is 3.33. The van der Waals surface area contributed by atoms with E-state index in [0.717, 1.165) is 18.9 Å². The maximum absolute atomic E-state index is 12.4. The van der Waals surface area contributed by atoms with Crippen molar-refractivity contribution in [2.24, 2.45) is 5.92 Å².